The van der Waals surface area contributed by atoms with Gasteiger partial charge in [-0.2, -0.15) is 0 Å². The van der Waals surface area contributed by atoms with Crippen LogP contribution in [0.2, 0.25) is 0 Å². The highest BCUT2D eigenvalue weighted by Crippen LogP contribution is 2.29. The maximum atomic E-state index is 11.8. The Kier molecular flexibility index (Phi) is 3.82. The predicted octanol–water partition coefficient (Wildman–Crippen LogP) is 3.44. The molecule has 0 saturated carbocycles. The minimum absolute atomic E-state index is 0.177. The first-order valence-corrected chi connectivity index (χ1v) is 5.79. The van der Waals surface area contributed by atoms with Crippen LogP contribution < -0.4 is 0 Å². The van der Waals surface area contributed by atoms with E-state index in [0.29, 0.717) is 0 Å². The first kappa shape index (κ1) is 12.6. The number of alkyl halides is 1. The molecule has 0 aromatic carbocycles. The van der Waals surface area contributed by atoms with Crippen molar-refractivity contribution in [1.29, 1.82) is 0 Å². The van der Waals surface area contributed by atoms with Crippen LogP contribution in [0.1, 0.15) is 47.0 Å². The van der Waals surface area contributed by atoms with Gasteiger partial charge in [0.25, 0.3) is 0 Å². The van der Waals surface area contributed by atoms with Gasteiger partial charge in [0.2, 0.25) is 0 Å². The van der Waals surface area contributed by atoms with Gasteiger partial charge in [-0.25, -0.2) is 4.79 Å². The summed E-state index contributed by atoms with van der Waals surface area (Å²) in [6, 6.07) is 0. The number of hydrogen-bond donors (Lipinski definition) is 0. The molecule has 0 aliphatic heterocycles. The highest BCUT2D eigenvalue weighted by atomic mass is 35.5. The highest BCUT2D eigenvalue weighted by Gasteiger charge is 2.25. The summed E-state index contributed by atoms with van der Waals surface area (Å²) in [4.78, 5) is 11.8. The van der Waals surface area contributed by atoms with E-state index in [-0.39, 0.29) is 11.3 Å². The standard InChI is InChI=1S/C12H19ClO2/c1-8-7-9(13)5-6-10(8)11(14)15-12(2,3)4/h9H,5-7H2,1-4H3. The van der Waals surface area contributed by atoms with E-state index < -0.39 is 5.60 Å². The Morgan fingerprint density at radius 3 is 2.53 bits per heavy atom. The van der Waals surface area contributed by atoms with Gasteiger partial charge < -0.3 is 4.74 Å². The van der Waals surface area contributed by atoms with Crippen molar-refractivity contribution in [3.05, 3.63) is 11.1 Å². The third-order valence-corrected chi connectivity index (χ3v) is 2.77. The van der Waals surface area contributed by atoms with Gasteiger partial charge in [-0.1, -0.05) is 5.57 Å². The van der Waals surface area contributed by atoms with Crippen LogP contribution >= 0.6 is 11.6 Å². The van der Waals surface area contributed by atoms with E-state index in [1.807, 2.05) is 27.7 Å². The average molecular weight is 231 g/mol. The van der Waals surface area contributed by atoms with Crippen molar-refractivity contribution in [2.45, 2.75) is 57.9 Å². The second kappa shape index (κ2) is 4.56. The van der Waals surface area contributed by atoms with Crippen LogP contribution in [0.3, 0.4) is 0 Å². The molecule has 3 heteroatoms. The molecule has 1 unspecified atom stereocenters. The fraction of sp³-hybridized carbons (Fsp3) is 0.750. The summed E-state index contributed by atoms with van der Waals surface area (Å²) in [5.74, 6) is -0.177. The van der Waals surface area contributed by atoms with Gasteiger partial charge in [0.15, 0.2) is 0 Å². The topological polar surface area (TPSA) is 26.3 Å². The smallest absolute Gasteiger partial charge is 0.334 e. The van der Waals surface area contributed by atoms with E-state index in [9.17, 15) is 4.79 Å². The lowest BCUT2D eigenvalue weighted by Crippen LogP contribution is -2.26. The average Bonchev–Trinajstić information content (AvgIpc) is 1.99. The fourth-order valence-corrected chi connectivity index (χ4v) is 2.03. The molecular formula is C12H19ClO2. The Labute approximate surface area is 96.6 Å². The molecule has 0 spiro atoms. The first-order valence-electron chi connectivity index (χ1n) is 5.35. The number of carbonyl (C=O) groups is 1. The molecule has 1 atom stereocenters. The lowest BCUT2D eigenvalue weighted by molar-refractivity contribution is -0.150. The van der Waals surface area contributed by atoms with Gasteiger partial charge >= 0.3 is 5.97 Å². The maximum absolute atomic E-state index is 11.8. The van der Waals surface area contributed by atoms with Crippen LogP contribution in [-0.4, -0.2) is 16.9 Å². The molecule has 0 N–H and O–H groups in total. The Hall–Kier alpha value is -0.500. The summed E-state index contributed by atoms with van der Waals surface area (Å²) in [6.45, 7) is 7.61. The zero-order valence-electron chi connectivity index (χ0n) is 9.89. The second-order valence-corrected chi connectivity index (χ2v) is 5.72. The first-order chi connectivity index (χ1) is 6.79. The van der Waals surface area contributed by atoms with Gasteiger partial charge in [-0.3, -0.25) is 0 Å². The summed E-state index contributed by atoms with van der Waals surface area (Å²) in [5, 5.41) is 0.177. The molecule has 0 amide bonds. The number of rotatable bonds is 1. The maximum Gasteiger partial charge on any atom is 0.334 e. The number of carbonyl (C=O) groups excluding carboxylic acids is 1. The van der Waals surface area contributed by atoms with Crippen molar-refractivity contribution in [3.63, 3.8) is 0 Å². The van der Waals surface area contributed by atoms with Crippen molar-refractivity contribution >= 4 is 17.6 Å². The minimum Gasteiger partial charge on any atom is -0.457 e. The molecular weight excluding hydrogens is 212 g/mol. The van der Waals surface area contributed by atoms with Gasteiger partial charge in [0.05, 0.1) is 0 Å². The number of esters is 1. The minimum atomic E-state index is -0.415. The van der Waals surface area contributed by atoms with Gasteiger partial charge in [0, 0.05) is 11.0 Å². The van der Waals surface area contributed by atoms with E-state index in [1.165, 1.54) is 0 Å². The summed E-state index contributed by atoms with van der Waals surface area (Å²) in [7, 11) is 0. The highest BCUT2D eigenvalue weighted by molar-refractivity contribution is 6.20. The number of ether oxygens (including phenoxy) is 1. The zero-order chi connectivity index (χ0) is 11.6. The number of hydrogen-bond acceptors (Lipinski definition) is 2. The van der Waals surface area contributed by atoms with Crippen molar-refractivity contribution in [3.8, 4) is 0 Å². The largest absolute Gasteiger partial charge is 0.457 e. The lowest BCUT2D eigenvalue weighted by atomic mass is 9.92. The summed E-state index contributed by atoms with van der Waals surface area (Å²) in [6.07, 6.45) is 2.42. The van der Waals surface area contributed by atoms with Crippen molar-refractivity contribution in [2.75, 3.05) is 0 Å². The molecule has 0 heterocycles. The molecule has 0 bridgehead atoms. The Morgan fingerprint density at radius 2 is 2.07 bits per heavy atom. The third kappa shape index (κ3) is 3.86. The molecule has 0 saturated heterocycles. The van der Waals surface area contributed by atoms with Crippen LogP contribution in [0.4, 0.5) is 0 Å². The Morgan fingerprint density at radius 1 is 1.47 bits per heavy atom. The van der Waals surface area contributed by atoms with Crippen LogP contribution in [-0.2, 0) is 9.53 Å². The second-order valence-electron chi connectivity index (χ2n) is 5.10. The van der Waals surface area contributed by atoms with Gasteiger partial charge in [-0.05, 0) is 47.0 Å². The molecule has 1 aliphatic carbocycles. The summed E-state index contributed by atoms with van der Waals surface area (Å²) in [5.41, 5.74) is 1.49. The SMILES string of the molecule is CC1=C(C(=O)OC(C)(C)C)CCC(Cl)C1. The van der Waals surface area contributed by atoms with E-state index in [1.54, 1.807) is 0 Å². The van der Waals surface area contributed by atoms with E-state index in [0.717, 1.165) is 30.4 Å². The summed E-state index contributed by atoms with van der Waals surface area (Å²) >= 11 is 6.03. The van der Waals surface area contributed by atoms with Crippen LogP contribution in [0.25, 0.3) is 0 Å². The molecule has 86 valence electrons. The normalized spacial score (nSPS) is 22.9. The quantitative estimate of drug-likeness (QED) is 0.510. The van der Waals surface area contributed by atoms with Crippen molar-refractivity contribution < 1.29 is 9.53 Å². The molecule has 1 aliphatic rings. The van der Waals surface area contributed by atoms with Crippen molar-refractivity contribution in [1.82, 2.24) is 0 Å². The molecule has 1 rings (SSSR count). The predicted molar refractivity (Wildman–Crippen MR) is 62.0 cm³/mol. The van der Waals surface area contributed by atoms with Crippen LogP contribution in [0.15, 0.2) is 11.1 Å². The number of halogens is 1. The van der Waals surface area contributed by atoms with E-state index >= 15 is 0 Å². The Balaban J connectivity index is 2.72. The molecule has 0 radical (unpaired) electrons. The molecule has 0 aromatic rings. The monoisotopic (exact) mass is 230 g/mol. The fourth-order valence-electron chi connectivity index (χ4n) is 1.69. The van der Waals surface area contributed by atoms with E-state index in [2.05, 4.69) is 0 Å². The Bertz CT molecular complexity index is 286. The van der Waals surface area contributed by atoms with E-state index in [4.69, 9.17) is 16.3 Å². The molecule has 0 fully saturated rings. The molecule has 2 nitrogen and oxygen atoms in total. The van der Waals surface area contributed by atoms with Crippen LogP contribution in [0, 0.1) is 0 Å². The lowest BCUT2D eigenvalue weighted by Gasteiger charge is -2.24. The van der Waals surface area contributed by atoms with Crippen molar-refractivity contribution in [2.24, 2.45) is 0 Å². The van der Waals surface area contributed by atoms with Gasteiger partial charge in [-0.15, -0.1) is 11.6 Å². The number of allylic oxidation sites excluding steroid dienone is 1. The third-order valence-electron chi connectivity index (χ3n) is 2.40. The molecule has 15 heavy (non-hydrogen) atoms. The summed E-state index contributed by atoms with van der Waals surface area (Å²) < 4.78 is 5.34. The van der Waals surface area contributed by atoms with Gasteiger partial charge in [0.1, 0.15) is 5.60 Å². The van der Waals surface area contributed by atoms with Crippen LogP contribution in [0.5, 0.6) is 0 Å². The zero-order valence-corrected chi connectivity index (χ0v) is 10.6. The molecule has 0 aromatic heterocycles.